The first-order valence-corrected chi connectivity index (χ1v) is 6.83. The zero-order valence-corrected chi connectivity index (χ0v) is 15.3. The molecule has 0 saturated heterocycles. The Hall–Kier alpha value is -0.890. The van der Waals surface area contributed by atoms with Crippen LogP contribution >= 0.6 is 24.0 Å². The fourth-order valence-corrected chi connectivity index (χ4v) is 1.62. The predicted octanol–water partition coefficient (Wildman–Crippen LogP) is 2.65. The molecule has 0 saturated carbocycles. The molecule has 3 N–H and O–H groups in total. The molecular formula is C15H25FIN3O. The van der Waals surface area contributed by atoms with Gasteiger partial charge in [-0.3, -0.25) is 4.99 Å². The molecule has 0 heterocycles. The van der Waals surface area contributed by atoms with Gasteiger partial charge in [-0.1, -0.05) is 19.9 Å². The summed E-state index contributed by atoms with van der Waals surface area (Å²) in [4.78, 5) is 4.16. The van der Waals surface area contributed by atoms with Gasteiger partial charge in [0.1, 0.15) is 5.82 Å². The molecule has 0 bridgehead atoms. The number of nitrogens with one attached hydrogen (secondary N) is 2. The summed E-state index contributed by atoms with van der Waals surface area (Å²) < 4.78 is 13.3. The third kappa shape index (κ3) is 6.60. The first-order valence-electron chi connectivity index (χ1n) is 6.83. The lowest BCUT2D eigenvalue weighted by Crippen LogP contribution is -2.43. The highest BCUT2D eigenvalue weighted by atomic mass is 127. The van der Waals surface area contributed by atoms with E-state index in [1.165, 1.54) is 6.07 Å². The second-order valence-electron chi connectivity index (χ2n) is 5.19. The lowest BCUT2D eigenvalue weighted by Gasteiger charge is -2.20. The Labute approximate surface area is 143 Å². The van der Waals surface area contributed by atoms with Gasteiger partial charge in [-0.05, 0) is 30.5 Å². The SMILES string of the molecule is CN=C(NCc1ccc(F)c(CO)c1)NC(C)C(C)C.I. The van der Waals surface area contributed by atoms with Gasteiger partial charge in [-0.2, -0.15) is 0 Å². The van der Waals surface area contributed by atoms with E-state index in [1.807, 2.05) is 0 Å². The molecular weight excluding hydrogens is 384 g/mol. The van der Waals surface area contributed by atoms with E-state index < -0.39 is 0 Å². The quantitative estimate of drug-likeness (QED) is 0.398. The van der Waals surface area contributed by atoms with Crippen LogP contribution in [0, 0.1) is 11.7 Å². The number of nitrogens with zero attached hydrogens (tertiary/aromatic N) is 1. The van der Waals surface area contributed by atoms with Crippen LogP contribution in [0.4, 0.5) is 4.39 Å². The zero-order chi connectivity index (χ0) is 15.1. The standard InChI is InChI=1S/C15H24FN3O.HI/c1-10(2)11(3)19-15(17-4)18-8-12-5-6-14(16)13(7-12)9-20;/h5-7,10-11,20H,8-9H2,1-4H3,(H2,17,18,19);1H. The van der Waals surface area contributed by atoms with Gasteiger partial charge in [-0.25, -0.2) is 4.39 Å². The minimum Gasteiger partial charge on any atom is -0.392 e. The van der Waals surface area contributed by atoms with E-state index in [-0.39, 0.29) is 36.4 Å². The van der Waals surface area contributed by atoms with E-state index in [4.69, 9.17) is 5.11 Å². The molecule has 0 aliphatic carbocycles. The van der Waals surface area contributed by atoms with Crippen LogP contribution in [0.15, 0.2) is 23.2 Å². The van der Waals surface area contributed by atoms with Crippen molar-refractivity contribution in [3.63, 3.8) is 0 Å². The molecule has 1 atom stereocenters. The Morgan fingerprint density at radius 3 is 2.52 bits per heavy atom. The lowest BCUT2D eigenvalue weighted by molar-refractivity contribution is 0.275. The van der Waals surface area contributed by atoms with Crippen LogP contribution in [0.1, 0.15) is 31.9 Å². The molecule has 0 aliphatic heterocycles. The number of benzene rings is 1. The second-order valence-corrected chi connectivity index (χ2v) is 5.19. The molecule has 0 fully saturated rings. The van der Waals surface area contributed by atoms with Crippen LogP contribution < -0.4 is 10.6 Å². The predicted molar refractivity (Wildman–Crippen MR) is 95.4 cm³/mol. The Morgan fingerprint density at radius 1 is 1.33 bits per heavy atom. The van der Waals surface area contributed by atoms with Crippen molar-refractivity contribution in [1.29, 1.82) is 0 Å². The van der Waals surface area contributed by atoms with Crippen molar-refractivity contribution in [2.24, 2.45) is 10.9 Å². The minimum atomic E-state index is -0.382. The van der Waals surface area contributed by atoms with Crippen LogP contribution in [0.3, 0.4) is 0 Å². The molecule has 1 unspecified atom stereocenters. The largest absolute Gasteiger partial charge is 0.392 e. The van der Waals surface area contributed by atoms with Crippen LogP contribution in [-0.2, 0) is 13.2 Å². The van der Waals surface area contributed by atoms with Crippen molar-refractivity contribution in [2.75, 3.05) is 7.05 Å². The Kier molecular flexibility index (Phi) is 9.52. The Bertz CT molecular complexity index is 466. The fourth-order valence-electron chi connectivity index (χ4n) is 1.62. The van der Waals surface area contributed by atoms with Crippen molar-refractivity contribution < 1.29 is 9.50 Å². The van der Waals surface area contributed by atoms with Crippen molar-refractivity contribution in [2.45, 2.75) is 40.0 Å². The third-order valence-electron chi connectivity index (χ3n) is 3.33. The number of hydrogen-bond acceptors (Lipinski definition) is 2. The van der Waals surface area contributed by atoms with Gasteiger partial charge in [0.15, 0.2) is 5.96 Å². The first-order chi connectivity index (χ1) is 9.47. The van der Waals surface area contributed by atoms with E-state index >= 15 is 0 Å². The van der Waals surface area contributed by atoms with E-state index in [1.54, 1.807) is 19.2 Å². The van der Waals surface area contributed by atoms with E-state index in [0.29, 0.717) is 30.0 Å². The summed E-state index contributed by atoms with van der Waals surface area (Å²) in [6.45, 7) is 6.60. The smallest absolute Gasteiger partial charge is 0.191 e. The van der Waals surface area contributed by atoms with E-state index in [2.05, 4.69) is 36.4 Å². The molecule has 0 spiro atoms. The highest BCUT2D eigenvalue weighted by Crippen LogP contribution is 2.10. The molecule has 1 aromatic carbocycles. The monoisotopic (exact) mass is 409 g/mol. The molecule has 6 heteroatoms. The summed E-state index contributed by atoms with van der Waals surface area (Å²) in [5.41, 5.74) is 1.21. The number of aliphatic hydroxyl groups excluding tert-OH is 1. The average Bonchev–Trinajstić information content (AvgIpc) is 2.44. The van der Waals surface area contributed by atoms with Crippen molar-refractivity contribution in [3.05, 3.63) is 35.1 Å². The maximum atomic E-state index is 13.3. The number of halogens is 2. The molecule has 4 nitrogen and oxygen atoms in total. The minimum absolute atomic E-state index is 0. The molecule has 0 aliphatic rings. The van der Waals surface area contributed by atoms with Gasteiger partial charge in [0.25, 0.3) is 0 Å². The van der Waals surface area contributed by atoms with Gasteiger partial charge >= 0.3 is 0 Å². The van der Waals surface area contributed by atoms with E-state index in [0.717, 1.165) is 5.56 Å². The van der Waals surface area contributed by atoms with Gasteiger partial charge in [0, 0.05) is 25.2 Å². The van der Waals surface area contributed by atoms with Gasteiger partial charge < -0.3 is 15.7 Å². The molecule has 0 amide bonds. The highest BCUT2D eigenvalue weighted by Gasteiger charge is 2.09. The fraction of sp³-hybridized carbons (Fsp3) is 0.533. The number of aliphatic imine (C=N–C) groups is 1. The molecule has 1 rings (SSSR count). The summed E-state index contributed by atoms with van der Waals surface area (Å²) in [7, 11) is 1.71. The lowest BCUT2D eigenvalue weighted by atomic mass is 10.1. The van der Waals surface area contributed by atoms with Crippen molar-refractivity contribution in [1.82, 2.24) is 10.6 Å². The van der Waals surface area contributed by atoms with Gasteiger partial charge in [0.2, 0.25) is 0 Å². The zero-order valence-electron chi connectivity index (χ0n) is 13.0. The van der Waals surface area contributed by atoms with Crippen LogP contribution in [-0.4, -0.2) is 24.2 Å². The number of guanidine groups is 1. The average molecular weight is 409 g/mol. The highest BCUT2D eigenvalue weighted by molar-refractivity contribution is 14.0. The Balaban J connectivity index is 0.00000400. The number of aliphatic hydroxyl groups is 1. The van der Waals surface area contributed by atoms with Crippen LogP contribution in [0.5, 0.6) is 0 Å². The summed E-state index contributed by atoms with van der Waals surface area (Å²) in [5.74, 6) is 0.827. The second kappa shape index (κ2) is 9.94. The first kappa shape index (κ1) is 20.1. The molecule has 0 aromatic heterocycles. The molecule has 0 radical (unpaired) electrons. The number of hydrogen-bond donors (Lipinski definition) is 3. The summed E-state index contributed by atoms with van der Waals surface area (Å²) in [6.07, 6.45) is 0. The topological polar surface area (TPSA) is 56.7 Å². The van der Waals surface area contributed by atoms with Gasteiger partial charge in [0.05, 0.1) is 6.61 Å². The summed E-state index contributed by atoms with van der Waals surface area (Å²) >= 11 is 0. The van der Waals surface area contributed by atoms with Crippen molar-refractivity contribution >= 4 is 29.9 Å². The molecule has 21 heavy (non-hydrogen) atoms. The van der Waals surface area contributed by atoms with Crippen molar-refractivity contribution in [3.8, 4) is 0 Å². The number of rotatable bonds is 5. The molecule has 1 aromatic rings. The van der Waals surface area contributed by atoms with Gasteiger partial charge in [-0.15, -0.1) is 24.0 Å². The van der Waals surface area contributed by atoms with Crippen LogP contribution in [0.2, 0.25) is 0 Å². The Morgan fingerprint density at radius 2 is 2.00 bits per heavy atom. The maximum absolute atomic E-state index is 13.3. The maximum Gasteiger partial charge on any atom is 0.191 e. The summed E-state index contributed by atoms with van der Waals surface area (Å²) in [5, 5.41) is 15.5. The summed E-state index contributed by atoms with van der Waals surface area (Å²) in [6, 6.07) is 5.03. The third-order valence-corrected chi connectivity index (χ3v) is 3.33. The van der Waals surface area contributed by atoms with Crippen LogP contribution in [0.25, 0.3) is 0 Å². The molecule has 120 valence electrons. The van der Waals surface area contributed by atoms with E-state index in [9.17, 15) is 4.39 Å². The normalized spacial score (nSPS) is 12.8.